The lowest BCUT2D eigenvalue weighted by molar-refractivity contribution is 0.0599. The zero-order valence-electron chi connectivity index (χ0n) is 11.3. The van der Waals surface area contributed by atoms with Crippen molar-refractivity contribution in [3.63, 3.8) is 0 Å². The predicted molar refractivity (Wildman–Crippen MR) is 80.3 cm³/mol. The first-order valence-electron chi connectivity index (χ1n) is 5.93. The minimum absolute atomic E-state index is 0.112. The Morgan fingerprint density at radius 3 is 2.12 bits per heavy atom. The summed E-state index contributed by atoms with van der Waals surface area (Å²) in [6, 6.07) is 10.4. The number of ether oxygens (including phenoxy) is 1. The molecule has 1 nitrogen and oxygen atoms in total. The first-order valence-corrected chi connectivity index (χ1v) is 8.14. The van der Waals surface area contributed by atoms with Crippen molar-refractivity contribution in [3.05, 3.63) is 35.9 Å². The molecule has 0 aliphatic rings. The van der Waals surface area contributed by atoms with Gasteiger partial charge in [0.25, 0.3) is 0 Å². The van der Waals surface area contributed by atoms with Gasteiger partial charge in [0, 0.05) is 4.75 Å². The van der Waals surface area contributed by atoms with Crippen LogP contribution < -0.4 is 0 Å². The second-order valence-corrected chi connectivity index (χ2v) is 8.31. The van der Waals surface area contributed by atoms with Gasteiger partial charge in [0.05, 0.1) is 6.10 Å². The number of rotatable bonds is 5. The summed E-state index contributed by atoms with van der Waals surface area (Å²) in [5.74, 6) is 0. The highest BCUT2D eigenvalue weighted by atomic mass is 33.1. The van der Waals surface area contributed by atoms with Gasteiger partial charge in [-0.3, -0.25) is 0 Å². The molecular formula is C14H22OS2. The van der Waals surface area contributed by atoms with Crippen LogP contribution in [0.15, 0.2) is 30.3 Å². The van der Waals surface area contributed by atoms with Crippen LogP contribution in [0.5, 0.6) is 0 Å². The molecule has 0 heterocycles. The molecule has 0 bridgehead atoms. The van der Waals surface area contributed by atoms with Gasteiger partial charge in [-0.15, -0.1) is 0 Å². The van der Waals surface area contributed by atoms with Crippen LogP contribution in [0.2, 0.25) is 0 Å². The molecule has 1 aromatic rings. The Balaban J connectivity index is 2.68. The van der Waals surface area contributed by atoms with Crippen LogP contribution in [0.3, 0.4) is 0 Å². The fourth-order valence-corrected chi connectivity index (χ4v) is 3.71. The third kappa shape index (κ3) is 6.39. The average Bonchev–Trinajstić information content (AvgIpc) is 2.24. The van der Waals surface area contributed by atoms with Crippen LogP contribution in [0, 0.1) is 0 Å². The summed E-state index contributed by atoms with van der Waals surface area (Å²) in [7, 11) is 3.67. The SMILES string of the molecule is CC(C)OC(SSC(C)(C)C)c1ccccc1. The summed E-state index contributed by atoms with van der Waals surface area (Å²) in [5.41, 5.74) is 1.35. The van der Waals surface area contributed by atoms with E-state index in [1.54, 1.807) is 10.8 Å². The molecule has 1 aromatic carbocycles. The Hall–Kier alpha value is -0.120. The molecule has 1 rings (SSSR count). The van der Waals surface area contributed by atoms with Gasteiger partial charge in [-0.1, -0.05) is 72.7 Å². The Morgan fingerprint density at radius 1 is 1.06 bits per heavy atom. The summed E-state index contributed by atoms with van der Waals surface area (Å²) in [4.78, 5) is 0. The molecule has 0 fully saturated rings. The lowest BCUT2D eigenvalue weighted by Gasteiger charge is -2.24. The van der Waals surface area contributed by atoms with E-state index < -0.39 is 0 Å². The van der Waals surface area contributed by atoms with E-state index in [1.807, 2.05) is 16.9 Å². The van der Waals surface area contributed by atoms with Gasteiger partial charge in [-0.05, 0) is 19.4 Å². The zero-order chi connectivity index (χ0) is 12.9. The topological polar surface area (TPSA) is 9.23 Å². The van der Waals surface area contributed by atoms with E-state index >= 15 is 0 Å². The molecule has 1 atom stereocenters. The summed E-state index contributed by atoms with van der Waals surface area (Å²) in [6.07, 6.45) is 0.244. The third-order valence-electron chi connectivity index (χ3n) is 1.85. The second-order valence-electron chi connectivity index (χ2n) is 5.22. The Morgan fingerprint density at radius 2 is 1.65 bits per heavy atom. The van der Waals surface area contributed by atoms with Gasteiger partial charge in [-0.25, -0.2) is 0 Å². The van der Waals surface area contributed by atoms with E-state index in [1.165, 1.54) is 5.56 Å². The van der Waals surface area contributed by atoms with E-state index in [9.17, 15) is 0 Å². The van der Waals surface area contributed by atoms with Crippen molar-refractivity contribution < 1.29 is 4.74 Å². The Labute approximate surface area is 113 Å². The molecule has 0 aromatic heterocycles. The van der Waals surface area contributed by atoms with Gasteiger partial charge in [0.2, 0.25) is 0 Å². The molecule has 0 saturated heterocycles. The van der Waals surface area contributed by atoms with Crippen LogP contribution >= 0.6 is 21.6 Å². The van der Waals surface area contributed by atoms with E-state index in [4.69, 9.17) is 4.74 Å². The highest BCUT2D eigenvalue weighted by Gasteiger charge is 2.19. The lowest BCUT2D eigenvalue weighted by Crippen LogP contribution is -2.10. The first kappa shape index (κ1) is 14.9. The largest absolute Gasteiger partial charge is 0.359 e. The van der Waals surface area contributed by atoms with E-state index in [0.717, 1.165) is 0 Å². The molecule has 0 spiro atoms. The minimum Gasteiger partial charge on any atom is -0.359 e. The summed E-state index contributed by atoms with van der Waals surface area (Å²) >= 11 is 0. The maximum atomic E-state index is 5.97. The van der Waals surface area contributed by atoms with Gasteiger partial charge in [0.15, 0.2) is 0 Å². The number of benzene rings is 1. The quantitative estimate of drug-likeness (QED) is 0.531. The van der Waals surface area contributed by atoms with Crippen LogP contribution in [0.4, 0.5) is 0 Å². The molecule has 1 unspecified atom stereocenters. The molecule has 0 amide bonds. The predicted octanol–water partition coefficient (Wildman–Crippen LogP) is 5.29. The first-order chi connectivity index (χ1) is 7.88. The highest BCUT2D eigenvalue weighted by molar-refractivity contribution is 8.77. The van der Waals surface area contributed by atoms with Crippen molar-refractivity contribution in [2.75, 3.05) is 0 Å². The molecule has 0 radical (unpaired) electrons. The van der Waals surface area contributed by atoms with Crippen LogP contribution in [-0.4, -0.2) is 10.9 Å². The van der Waals surface area contributed by atoms with Crippen LogP contribution in [-0.2, 0) is 4.74 Å². The molecule has 17 heavy (non-hydrogen) atoms. The number of hydrogen-bond donors (Lipinski definition) is 0. The molecule has 0 N–H and O–H groups in total. The van der Waals surface area contributed by atoms with Crippen molar-refractivity contribution >= 4 is 21.6 Å². The smallest absolute Gasteiger partial charge is 0.138 e. The summed E-state index contributed by atoms with van der Waals surface area (Å²) < 4.78 is 6.22. The maximum absolute atomic E-state index is 5.97. The van der Waals surface area contributed by atoms with Gasteiger partial charge in [0.1, 0.15) is 5.44 Å². The Kier molecular flexibility index (Phi) is 5.90. The Bertz CT molecular complexity index is 317. The van der Waals surface area contributed by atoms with Gasteiger partial charge < -0.3 is 4.74 Å². The normalized spacial score (nSPS) is 14.0. The van der Waals surface area contributed by atoms with E-state index in [-0.39, 0.29) is 16.3 Å². The van der Waals surface area contributed by atoms with E-state index in [0.29, 0.717) is 0 Å². The standard InChI is InChI=1S/C14H22OS2/c1-11(2)15-13(16-17-14(3,4)5)12-9-7-6-8-10-12/h6-11,13H,1-5H3. The fourth-order valence-electron chi connectivity index (χ4n) is 1.20. The molecule has 0 saturated carbocycles. The average molecular weight is 270 g/mol. The third-order valence-corrected chi connectivity index (χ3v) is 5.32. The van der Waals surface area contributed by atoms with Gasteiger partial charge >= 0.3 is 0 Å². The zero-order valence-corrected chi connectivity index (χ0v) is 12.9. The second kappa shape index (κ2) is 6.72. The van der Waals surface area contributed by atoms with Crippen molar-refractivity contribution in [3.8, 4) is 0 Å². The highest BCUT2D eigenvalue weighted by Crippen LogP contribution is 2.45. The lowest BCUT2D eigenvalue weighted by atomic mass is 10.2. The molecule has 96 valence electrons. The monoisotopic (exact) mass is 270 g/mol. The maximum Gasteiger partial charge on any atom is 0.138 e. The summed E-state index contributed by atoms with van der Waals surface area (Å²) in [6.45, 7) is 10.8. The number of hydrogen-bond acceptors (Lipinski definition) is 3. The molecule has 3 heteroatoms. The molecule has 0 aliphatic carbocycles. The van der Waals surface area contributed by atoms with Crippen LogP contribution in [0.25, 0.3) is 0 Å². The van der Waals surface area contributed by atoms with Crippen molar-refractivity contribution in [1.29, 1.82) is 0 Å². The molecular weight excluding hydrogens is 248 g/mol. The summed E-state index contributed by atoms with van der Waals surface area (Å²) in [5, 5.41) is 0. The van der Waals surface area contributed by atoms with Crippen LogP contribution in [0.1, 0.15) is 45.6 Å². The molecule has 0 aliphatic heterocycles. The van der Waals surface area contributed by atoms with Crippen molar-refractivity contribution in [1.82, 2.24) is 0 Å². The van der Waals surface area contributed by atoms with Crippen molar-refractivity contribution in [2.24, 2.45) is 0 Å². The minimum atomic E-state index is 0.112. The fraction of sp³-hybridized carbons (Fsp3) is 0.571. The van der Waals surface area contributed by atoms with Gasteiger partial charge in [-0.2, -0.15) is 0 Å². The van der Waals surface area contributed by atoms with Crippen molar-refractivity contribution in [2.45, 2.75) is 50.9 Å². The van der Waals surface area contributed by atoms with E-state index in [2.05, 4.69) is 58.9 Å².